The second-order valence-electron chi connectivity index (χ2n) is 10.7. The van der Waals surface area contributed by atoms with Crippen molar-refractivity contribution in [2.24, 2.45) is 0 Å². The zero-order valence-corrected chi connectivity index (χ0v) is 27.1. The smallest absolute Gasteiger partial charge is 0.264 e. The van der Waals surface area contributed by atoms with Gasteiger partial charge in [-0.1, -0.05) is 47.0 Å². The Labute approximate surface area is 257 Å². The first-order chi connectivity index (χ1) is 19.1. The molecule has 3 aromatic rings. The van der Waals surface area contributed by atoms with E-state index in [2.05, 4.69) is 5.32 Å². The number of nitrogens with zero attached hydrogens (tertiary/aromatic N) is 2. The summed E-state index contributed by atoms with van der Waals surface area (Å²) >= 11 is 13.8. The van der Waals surface area contributed by atoms with E-state index in [1.165, 1.54) is 28.8 Å². The molecule has 0 aromatic heterocycles. The third kappa shape index (κ3) is 8.64. The van der Waals surface area contributed by atoms with Gasteiger partial charge in [-0.15, -0.1) is 11.8 Å². The average Bonchev–Trinajstić information content (AvgIpc) is 2.91. The van der Waals surface area contributed by atoms with E-state index in [-0.39, 0.29) is 17.3 Å². The van der Waals surface area contributed by atoms with E-state index < -0.39 is 34.1 Å². The molecule has 1 atom stereocenters. The number of sulfonamides is 1. The number of rotatable bonds is 10. The molecule has 7 nitrogen and oxygen atoms in total. The number of halogens is 2. The van der Waals surface area contributed by atoms with Crippen molar-refractivity contribution >= 4 is 62.5 Å². The molecule has 1 N–H and O–H groups in total. The molecule has 0 fully saturated rings. The molecule has 0 spiro atoms. The normalized spacial score (nSPS) is 12.5. The van der Waals surface area contributed by atoms with Gasteiger partial charge in [-0.25, -0.2) is 8.42 Å². The number of nitrogens with one attached hydrogen (secondary N) is 1. The minimum Gasteiger partial charge on any atom is -0.350 e. The quantitative estimate of drug-likeness (QED) is 0.255. The number of hydrogen-bond acceptors (Lipinski definition) is 5. The molecule has 0 saturated heterocycles. The summed E-state index contributed by atoms with van der Waals surface area (Å²) in [5.74, 6) is -0.930. The topological polar surface area (TPSA) is 86.8 Å². The molecule has 220 valence electrons. The molecule has 11 heteroatoms. The largest absolute Gasteiger partial charge is 0.350 e. The lowest BCUT2D eigenvalue weighted by Crippen LogP contribution is -2.54. The van der Waals surface area contributed by atoms with E-state index in [9.17, 15) is 18.0 Å². The van der Waals surface area contributed by atoms with Crippen molar-refractivity contribution in [2.75, 3.05) is 17.1 Å². The molecule has 0 aliphatic carbocycles. The predicted molar refractivity (Wildman–Crippen MR) is 168 cm³/mol. The maximum atomic E-state index is 14.0. The highest BCUT2D eigenvalue weighted by Gasteiger charge is 2.33. The Hall–Kier alpha value is -2.72. The molecule has 0 aliphatic heterocycles. The van der Waals surface area contributed by atoms with Crippen LogP contribution in [0.3, 0.4) is 0 Å². The number of thioether (sulfide) groups is 1. The van der Waals surface area contributed by atoms with Gasteiger partial charge in [-0.2, -0.15) is 0 Å². The van der Waals surface area contributed by atoms with E-state index in [4.69, 9.17) is 23.2 Å². The van der Waals surface area contributed by atoms with Crippen LogP contribution in [0.5, 0.6) is 0 Å². The van der Waals surface area contributed by atoms with Gasteiger partial charge in [0, 0.05) is 17.0 Å². The first-order valence-corrected chi connectivity index (χ1v) is 16.3. The molecule has 0 unspecified atom stereocenters. The lowest BCUT2D eigenvalue weighted by molar-refractivity contribution is -0.140. The van der Waals surface area contributed by atoms with Crippen LogP contribution in [0.2, 0.25) is 10.0 Å². The fourth-order valence-electron chi connectivity index (χ4n) is 4.01. The summed E-state index contributed by atoms with van der Waals surface area (Å²) in [5, 5.41) is 3.57. The summed E-state index contributed by atoms with van der Waals surface area (Å²) in [4.78, 5) is 29.5. The van der Waals surface area contributed by atoms with E-state index in [1.807, 2.05) is 34.0 Å². The summed E-state index contributed by atoms with van der Waals surface area (Å²) < 4.78 is 29.0. The molecule has 2 amide bonds. The molecular weight excluding hydrogens is 601 g/mol. The predicted octanol–water partition coefficient (Wildman–Crippen LogP) is 6.55. The Kier molecular flexibility index (Phi) is 10.8. The van der Waals surface area contributed by atoms with Gasteiger partial charge in [0.25, 0.3) is 10.0 Å². The third-order valence-corrected chi connectivity index (χ3v) is 9.52. The fourth-order valence-corrected chi connectivity index (χ4v) is 6.15. The molecular formula is C30H35Cl2N3O4S2. The lowest BCUT2D eigenvalue weighted by Gasteiger charge is -2.33. The Morgan fingerprint density at radius 3 is 2.10 bits per heavy atom. The first-order valence-electron chi connectivity index (χ1n) is 12.9. The summed E-state index contributed by atoms with van der Waals surface area (Å²) in [5.41, 5.74) is 1.37. The molecule has 0 bridgehead atoms. The van der Waals surface area contributed by atoms with Gasteiger partial charge in [0.2, 0.25) is 11.8 Å². The molecule has 3 rings (SSSR count). The Morgan fingerprint density at radius 1 is 0.951 bits per heavy atom. The van der Waals surface area contributed by atoms with Gasteiger partial charge in [-0.05, 0) is 95.0 Å². The van der Waals surface area contributed by atoms with Crippen LogP contribution in [0, 0.1) is 6.92 Å². The van der Waals surface area contributed by atoms with Gasteiger partial charge >= 0.3 is 0 Å². The zero-order valence-electron chi connectivity index (χ0n) is 23.9. The van der Waals surface area contributed by atoms with Crippen LogP contribution in [0.4, 0.5) is 5.69 Å². The van der Waals surface area contributed by atoms with E-state index in [0.717, 1.165) is 14.8 Å². The number of aryl methyl sites for hydroxylation is 1. The van der Waals surface area contributed by atoms with Crippen molar-refractivity contribution in [3.8, 4) is 0 Å². The number of amides is 2. The van der Waals surface area contributed by atoms with E-state index in [0.29, 0.717) is 21.3 Å². The van der Waals surface area contributed by atoms with Gasteiger partial charge in [0.15, 0.2) is 0 Å². The minimum absolute atomic E-state index is 0.0126. The number of benzene rings is 3. The van der Waals surface area contributed by atoms with Crippen LogP contribution >= 0.6 is 35.0 Å². The van der Waals surface area contributed by atoms with Crippen molar-refractivity contribution in [3.63, 3.8) is 0 Å². The van der Waals surface area contributed by atoms with E-state index in [1.54, 1.807) is 61.5 Å². The third-order valence-electron chi connectivity index (χ3n) is 6.25. The average molecular weight is 637 g/mol. The molecule has 0 aliphatic rings. The highest BCUT2D eigenvalue weighted by molar-refractivity contribution is 7.98. The standard InChI is InChI=1S/C30H35Cl2N3O4S2/c1-20-7-10-23(11-8-20)35(41(38,39)25-14-12-24(40-6)13-15-25)19-28(36)34(21(2)29(37)33-30(3,4)5)18-22-9-16-26(31)27(32)17-22/h7-17,21H,18-19H2,1-6H3,(H,33,37)/t21-/m0/s1. The van der Waals surface area contributed by atoms with Crippen molar-refractivity contribution in [2.45, 2.75) is 62.5 Å². The molecule has 0 radical (unpaired) electrons. The van der Waals surface area contributed by atoms with Crippen LogP contribution in [-0.4, -0.2) is 49.5 Å². The summed E-state index contributed by atoms with van der Waals surface area (Å²) in [7, 11) is -4.14. The minimum atomic E-state index is -4.14. The molecule has 3 aromatic carbocycles. The fraction of sp³-hybridized carbons (Fsp3) is 0.333. The van der Waals surface area contributed by atoms with Crippen molar-refractivity contribution in [1.82, 2.24) is 10.2 Å². The summed E-state index contributed by atoms with van der Waals surface area (Å²) in [6.07, 6.45) is 1.90. The highest BCUT2D eigenvalue weighted by atomic mass is 35.5. The Balaban J connectivity index is 2.05. The van der Waals surface area contributed by atoms with Gasteiger partial charge < -0.3 is 10.2 Å². The molecule has 41 heavy (non-hydrogen) atoms. The molecule has 0 heterocycles. The van der Waals surface area contributed by atoms with Crippen molar-refractivity contribution < 1.29 is 18.0 Å². The number of hydrogen-bond donors (Lipinski definition) is 1. The van der Waals surface area contributed by atoms with Crippen LogP contribution in [0.1, 0.15) is 38.8 Å². The first kappa shape index (κ1) is 32.8. The zero-order chi connectivity index (χ0) is 30.5. The number of anilines is 1. The SMILES string of the molecule is CSc1ccc(S(=O)(=O)N(CC(=O)N(Cc2ccc(Cl)c(Cl)c2)[C@@H](C)C(=O)NC(C)(C)C)c2ccc(C)cc2)cc1. The highest BCUT2D eigenvalue weighted by Crippen LogP contribution is 2.27. The van der Waals surface area contributed by atoms with Gasteiger partial charge in [0.05, 0.1) is 20.6 Å². The number of carbonyl (C=O) groups is 2. The van der Waals surface area contributed by atoms with Gasteiger partial charge in [0.1, 0.15) is 12.6 Å². The second kappa shape index (κ2) is 13.5. The maximum Gasteiger partial charge on any atom is 0.264 e. The summed E-state index contributed by atoms with van der Waals surface area (Å²) in [6.45, 7) is 8.53. The Morgan fingerprint density at radius 2 is 1.56 bits per heavy atom. The van der Waals surface area contributed by atoms with E-state index >= 15 is 0 Å². The maximum absolute atomic E-state index is 14.0. The van der Waals surface area contributed by atoms with Crippen LogP contribution in [0.25, 0.3) is 0 Å². The van der Waals surface area contributed by atoms with Crippen molar-refractivity contribution in [3.05, 3.63) is 87.9 Å². The lowest BCUT2D eigenvalue weighted by atomic mass is 10.1. The summed E-state index contributed by atoms with van der Waals surface area (Å²) in [6, 6.07) is 17.4. The van der Waals surface area contributed by atoms with Crippen LogP contribution in [0.15, 0.2) is 76.5 Å². The second-order valence-corrected chi connectivity index (χ2v) is 14.3. The Bertz CT molecular complexity index is 1490. The van der Waals surface area contributed by atoms with Crippen LogP contribution in [-0.2, 0) is 26.2 Å². The molecule has 0 saturated carbocycles. The van der Waals surface area contributed by atoms with Gasteiger partial charge in [-0.3, -0.25) is 13.9 Å². The van der Waals surface area contributed by atoms with Crippen molar-refractivity contribution in [1.29, 1.82) is 0 Å². The monoisotopic (exact) mass is 635 g/mol. The van der Waals surface area contributed by atoms with Crippen LogP contribution < -0.4 is 9.62 Å². The number of carbonyl (C=O) groups excluding carboxylic acids is 2.